The van der Waals surface area contributed by atoms with E-state index in [2.05, 4.69) is 38.1 Å². The van der Waals surface area contributed by atoms with Crippen molar-refractivity contribution in [2.24, 2.45) is 0 Å². The summed E-state index contributed by atoms with van der Waals surface area (Å²) in [4.78, 5) is 0. The van der Waals surface area contributed by atoms with Gasteiger partial charge in [-0.3, -0.25) is 0 Å². The van der Waals surface area contributed by atoms with Gasteiger partial charge in [-0.15, -0.1) is 0 Å². The van der Waals surface area contributed by atoms with Gasteiger partial charge in [-0.1, -0.05) is 90.4 Å². The van der Waals surface area contributed by atoms with E-state index in [1.54, 1.807) is 0 Å². The van der Waals surface area contributed by atoms with Crippen molar-refractivity contribution in [3.05, 3.63) is 106 Å². The highest BCUT2D eigenvalue weighted by Gasteiger charge is 2.00. The Morgan fingerprint density at radius 1 is 0.515 bits per heavy atom. The van der Waals surface area contributed by atoms with E-state index in [4.69, 9.17) is 0 Å². The average molecular weight is 465 g/mol. The largest absolute Gasteiger partial charge is 0.207 e. The van der Waals surface area contributed by atoms with Gasteiger partial charge >= 0.3 is 0 Å². The van der Waals surface area contributed by atoms with Crippen molar-refractivity contribution in [1.29, 1.82) is 0 Å². The molecule has 0 saturated heterocycles. The molecule has 0 N–H and O–H groups in total. The first-order valence-corrected chi connectivity index (χ1v) is 11.7. The highest BCUT2D eigenvalue weighted by atomic mass is 19.1. The normalized spacial score (nSPS) is 8.97. The second kappa shape index (κ2) is 20.0. The summed E-state index contributed by atoms with van der Waals surface area (Å²) in [7, 11) is 0. The molecule has 0 saturated carbocycles. The summed E-state index contributed by atoms with van der Waals surface area (Å²) in [6.07, 6.45) is 2.35. The summed E-state index contributed by atoms with van der Waals surface area (Å²) in [6.45, 7) is 15.9. The lowest BCUT2D eigenvalue weighted by molar-refractivity contribution is 0.573. The maximum atomic E-state index is 12.6. The van der Waals surface area contributed by atoms with Crippen LogP contribution in [0.3, 0.4) is 0 Å². The van der Waals surface area contributed by atoms with Gasteiger partial charge in [-0.2, -0.15) is 0 Å². The Bertz CT molecular complexity index is 820. The van der Waals surface area contributed by atoms with Gasteiger partial charge < -0.3 is 0 Å². The molecule has 184 valence electrons. The molecule has 3 rings (SSSR count). The van der Waals surface area contributed by atoms with Gasteiger partial charge in [-0.25, -0.2) is 17.6 Å². The zero-order valence-electron chi connectivity index (χ0n) is 21.4. The topological polar surface area (TPSA) is 0 Å². The maximum Gasteiger partial charge on any atom is 0.129 e. The molecule has 0 aliphatic heterocycles. The van der Waals surface area contributed by atoms with E-state index in [9.17, 15) is 17.6 Å². The van der Waals surface area contributed by atoms with Crippen molar-refractivity contribution < 1.29 is 17.6 Å². The molecule has 0 bridgehead atoms. The molecule has 0 aromatic heterocycles. The van der Waals surface area contributed by atoms with Crippen LogP contribution in [0.15, 0.2) is 60.7 Å². The highest BCUT2D eigenvalue weighted by Crippen LogP contribution is 2.10. The molecule has 0 atom stereocenters. The predicted molar refractivity (Wildman–Crippen MR) is 135 cm³/mol. The Morgan fingerprint density at radius 2 is 0.879 bits per heavy atom. The highest BCUT2D eigenvalue weighted by molar-refractivity contribution is 5.21. The van der Waals surface area contributed by atoms with Crippen molar-refractivity contribution in [2.45, 2.75) is 74.7 Å². The van der Waals surface area contributed by atoms with Crippen LogP contribution < -0.4 is 0 Å². The molecular formula is C29H40F4. The lowest BCUT2D eigenvalue weighted by Crippen LogP contribution is -1.87. The van der Waals surface area contributed by atoms with E-state index in [-0.39, 0.29) is 0 Å². The van der Waals surface area contributed by atoms with Gasteiger partial charge in [-0.05, 0) is 55.0 Å². The van der Waals surface area contributed by atoms with Crippen LogP contribution in [0.5, 0.6) is 0 Å². The Hall–Kier alpha value is -2.62. The van der Waals surface area contributed by atoms with E-state index in [1.165, 1.54) is 35.4 Å². The molecule has 0 nitrogen and oxygen atoms in total. The molecule has 3 aromatic rings. The second-order valence-electron chi connectivity index (χ2n) is 6.52. The molecule has 0 spiro atoms. The van der Waals surface area contributed by atoms with Gasteiger partial charge in [0, 0.05) is 12.1 Å². The average Bonchev–Trinajstić information content (AvgIpc) is 2.83. The fourth-order valence-corrected chi connectivity index (χ4v) is 2.44. The second-order valence-corrected chi connectivity index (χ2v) is 6.52. The van der Waals surface area contributed by atoms with Crippen LogP contribution in [0.2, 0.25) is 0 Å². The van der Waals surface area contributed by atoms with Crippen LogP contribution >= 0.6 is 0 Å². The predicted octanol–water partition coefficient (Wildman–Crippen LogP) is 9.66. The smallest absolute Gasteiger partial charge is 0.129 e. The zero-order valence-corrected chi connectivity index (χ0v) is 21.4. The Balaban J connectivity index is 0. The lowest BCUT2D eigenvalue weighted by Gasteiger charge is -1.96. The standard InChI is InChI=1S/C9H12.2C8H8F2.2C2H6/c1-3-9-6-4-8(2)5-7-9;2*1-2-6-3-4-7(9)5-8(6)10;2*1-2/h4-7H,3H2,1-2H3;2*3-5H,2H2,1H3;2*1-2H3. The summed E-state index contributed by atoms with van der Waals surface area (Å²) >= 11 is 0. The van der Waals surface area contributed by atoms with Crippen molar-refractivity contribution in [2.75, 3.05) is 0 Å². The first-order valence-electron chi connectivity index (χ1n) is 11.7. The first-order chi connectivity index (χ1) is 15.8. The SMILES string of the molecule is CC.CC.CCc1ccc(C)cc1.CCc1ccc(F)cc1F.CCc1ccc(F)cc1F. The molecule has 0 fully saturated rings. The summed E-state index contributed by atoms with van der Waals surface area (Å²) in [5.74, 6) is -1.95. The Labute approximate surface area is 198 Å². The first kappa shape index (κ1) is 32.6. The van der Waals surface area contributed by atoms with Crippen LogP contribution in [0.1, 0.15) is 70.7 Å². The van der Waals surface area contributed by atoms with Crippen molar-refractivity contribution in [3.63, 3.8) is 0 Å². The van der Waals surface area contributed by atoms with Gasteiger partial charge in [0.1, 0.15) is 23.3 Å². The van der Waals surface area contributed by atoms with Gasteiger partial charge in [0.15, 0.2) is 0 Å². The van der Waals surface area contributed by atoms with Crippen LogP contribution in [0.4, 0.5) is 17.6 Å². The van der Waals surface area contributed by atoms with Gasteiger partial charge in [0.2, 0.25) is 0 Å². The van der Waals surface area contributed by atoms with Crippen molar-refractivity contribution in [1.82, 2.24) is 0 Å². The zero-order chi connectivity index (χ0) is 25.8. The summed E-state index contributed by atoms with van der Waals surface area (Å²) < 4.78 is 49.7. The quantitative estimate of drug-likeness (QED) is 0.338. The number of hydrogen-bond acceptors (Lipinski definition) is 0. The third-order valence-electron chi connectivity index (χ3n) is 4.32. The Kier molecular flexibility index (Phi) is 19.8. The molecule has 0 aliphatic rings. The van der Waals surface area contributed by atoms with Crippen molar-refractivity contribution in [3.8, 4) is 0 Å². The van der Waals surface area contributed by atoms with Crippen LogP contribution in [0, 0.1) is 30.2 Å². The summed E-state index contributed by atoms with van der Waals surface area (Å²) in [6, 6.07) is 15.9. The molecule has 3 aromatic carbocycles. The van der Waals surface area contributed by atoms with E-state index >= 15 is 0 Å². The molecule has 0 unspecified atom stereocenters. The van der Waals surface area contributed by atoms with E-state index in [0.29, 0.717) is 24.0 Å². The molecule has 0 heterocycles. The number of rotatable bonds is 3. The van der Waals surface area contributed by atoms with Crippen LogP contribution in [-0.4, -0.2) is 0 Å². The van der Waals surface area contributed by atoms with Gasteiger partial charge in [0.25, 0.3) is 0 Å². The monoisotopic (exact) mass is 464 g/mol. The Morgan fingerprint density at radius 3 is 1.15 bits per heavy atom. The third kappa shape index (κ3) is 14.2. The summed E-state index contributed by atoms with van der Waals surface area (Å²) in [5.41, 5.74) is 3.87. The van der Waals surface area contributed by atoms with Crippen molar-refractivity contribution >= 4 is 0 Å². The molecule has 0 aliphatic carbocycles. The number of aryl methyl sites for hydroxylation is 4. The molecule has 0 radical (unpaired) electrons. The minimum Gasteiger partial charge on any atom is -0.207 e. The van der Waals surface area contributed by atoms with E-state index in [1.807, 2.05) is 41.5 Å². The summed E-state index contributed by atoms with van der Waals surface area (Å²) in [5, 5.41) is 0. The molecule has 0 amide bonds. The fourth-order valence-electron chi connectivity index (χ4n) is 2.44. The maximum absolute atomic E-state index is 12.6. The molecule has 33 heavy (non-hydrogen) atoms. The molecular weight excluding hydrogens is 424 g/mol. The number of benzene rings is 3. The van der Waals surface area contributed by atoms with Crippen LogP contribution in [0.25, 0.3) is 0 Å². The number of halogens is 4. The third-order valence-corrected chi connectivity index (χ3v) is 4.32. The van der Waals surface area contributed by atoms with Gasteiger partial charge in [0.05, 0.1) is 0 Å². The van der Waals surface area contributed by atoms with Crippen LogP contribution in [-0.2, 0) is 19.3 Å². The van der Waals surface area contributed by atoms with E-state index in [0.717, 1.165) is 18.6 Å². The minimum atomic E-state index is -0.519. The lowest BCUT2D eigenvalue weighted by atomic mass is 10.1. The molecule has 4 heteroatoms. The minimum absolute atomic E-state index is 0.456. The number of hydrogen-bond donors (Lipinski definition) is 0. The fraction of sp³-hybridized carbons (Fsp3) is 0.379. The van der Waals surface area contributed by atoms with E-state index < -0.39 is 23.3 Å².